The molecule has 1 aromatic rings. The number of allylic oxidation sites excluding steroid dienone is 3. The average molecular weight is 903 g/mol. The standard InChI is InChI=1S/C27H46O.C27H46.C5H5N.CH4.OS/c1-18(2)7-6-8-19(3)23-11-12-24-22-10-9-20-17-21(28)13-15-26(20,4)25(22)14-16-27(23,24)5;1-19(2)9-8-10-20(3)23-14-15-24-22-13-12-21-11-6-7-17-26(21,4)25(22)16-18-27(23,24)5;1-2-4-6-5-3-1;;1-2/h9,18-19,21-25,28H,6-8,10-17H2,1-5H3;12,19-20,22-25H,6-11,13-18H2,1-5H3;1-5H;1H4;/t19-,21+,22+,23-,24+,25+,26+,27-;20-,22+,23-,24+,25+,26+,27-;;;/m11.../s1/i;6T;;;/t;6-,20-,22+,23-,24+,25+,26+,27-;;;. The Bertz CT molecular complexity index is 1530. The van der Waals surface area contributed by atoms with Crippen molar-refractivity contribution in [3.63, 3.8) is 0 Å². The number of pyridine rings is 1. The first-order valence-corrected chi connectivity index (χ1v) is 27.4. The van der Waals surface area contributed by atoms with Crippen LogP contribution < -0.4 is 0 Å². The van der Waals surface area contributed by atoms with Crippen LogP contribution in [0.5, 0.6) is 0 Å². The molecular weight excluding hydrogens is 799 g/mol. The fourth-order valence-corrected chi connectivity index (χ4v) is 17.5. The van der Waals surface area contributed by atoms with Crippen LogP contribution in [0.4, 0.5) is 0 Å². The summed E-state index contributed by atoms with van der Waals surface area (Å²) in [5, 5.41) is 10.2. The van der Waals surface area contributed by atoms with Gasteiger partial charge < -0.3 is 5.11 Å². The van der Waals surface area contributed by atoms with E-state index in [9.17, 15) is 5.11 Å². The SMILES string of the molecule is C.CC(C)CCC[C@@H](C)[C@H]1CC[C@H]2[C@@H]3CC=C4C[C@@H](O)CC[C@]4(C)[C@H]3CC[C@]12C.O=S.[3H][C@@H]1CC[C@@]2(C)C(=CC[C@H]3[C@@H]4CC[C@H]([C@H](C)CCCC(C)C)[C@@]4(C)CC[C@@H]32)C1.c1ccncc1. The van der Waals surface area contributed by atoms with Crippen LogP contribution >= 0.6 is 0 Å². The van der Waals surface area contributed by atoms with Crippen LogP contribution in [0.1, 0.15) is 226 Å². The molecule has 0 saturated heterocycles. The van der Waals surface area contributed by atoms with Crippen LogP contribution in [0.3, 0.4) is 0 Å². The van der Waals surface area contributed by atoms with E-state index >= 15 is 0 Å². The molecule has 0 amide bonds. The van der Waals surface area contributed by atoms with Gasteiger partial charge in [0.05, 0.1) is 6.10 Å². The van der Waals surface area contributed by atoms with Crippen LogP contribution in [-0.2, 0) is 12.5 Å². The second kappa shape index (κ2) is 23.3. The van der Waals surface area contributed by atoms with Crippen LogP contribution in [0.2, 0.25) is 0 Å². The largest absolute Gasteiger partial charge is 0.393 e. The Morgan fingerprint density at radius 3 is 1.58 bits per heavy atom. The van der Waals surface area contributed by atoms with Crippen molar-refractivity contribution >= 4 is 12.5 Å². The summed E-state index contributed by atoms with van der Waals surface area (Å²) < 4.78 is 16.1. The number of fused-ring (bicyclic) bond motifs is 10. The van der Waals surface area contributed by atoms with Crippen LogP contribution in [0.15, 0.2) is 53.9 Å². The zero-order valence-corrected chi connectivity index (χ0v) is 43.2. The zero-order chi connectivity index (χ0) is 46.5. The molecule has 16 atom stereocenters. The Morgan fingerprint density at radius 1 is 0.641 bits per heavy atom. The van der Waals surface area contributed by atoms with Gasteiger partial charge in [0.15, 0.2) is 12.5 Å². The predicted molar refractivity (Wildman–Crippen MR) is 276 cm³/mol. The molecule has 8 aliphatic carbocycles. The van der Waals surface area contributed by atoms with Crippen LogP contribution in [-0.4, -0.2) is 20.4 Å². The highest BCUT2D eigenvalue weighted by Gasteiger charge is 2.60. The lowest BCUT2D eigenvalue weighted by Crippen LogP contribution is -2.50. The van der Waals surface area contributed by atoms with E-state index in [0.29, 0.717) is 21.7 Å². The van der Waals surface area contributed by atoms with Gasteiger partial charge in [0.25, 0.3) is 0 Å². The second-order valence-electron chi connectivity index (χ2n) is 25.0. The molecule has 64 heavy (non-hydrogen) atoms. The van der Waals surface area contributed by atoms with E-state index < -0.39 is 0 Å². The molecule has 3 nitrogen and oxygen atoms in total. The zero-order valence-electron chi connectivity index (χ0n) is 43.4. The number of hydrogen-bond donors (Lipinski definition) is 1. The molecule has 6 fully saturated rings. The quantitative estimate of drug-likeness (QED) is 0.238. The molecule has 0 unspecified atom stereocenters. The molecule has 1 N–H and O–H groups in total. The van der Waals surface area contributed by atoms with E-state index in [0.717, 1.165) is 96.7 Å². The number of aliphatic hydroxyl groups excluding tert-OH is 1. The minimum Gasteiger partial charge on any atom is -0.393 e. The van der Waals surface area contributed by atoms with Crippen molar-refractivity contribution in [1.29, 1.82) is 0 Å². The number of aliphatic hydroxyl groups is 1. The highest BCUT2D eigenvalue weighted by Crippen LogP contribution is 2.69. The minimum absolute atomic E-state index is 0. The van der Waals surface area contributed by atoms with Crippen molar-refractivity contribution in [2.75, 3.05) is 0 Å². The normalized spacial score (nSPS) is 41.5. The molecule has 0 aromatic carbocycles. The topological polar surface area (TPSA) is 50.2 Å². The summed E-state index contributed by atoms with van der Waals surface area (Å²) >= 11 is 2.83. The summed E-state index contributed by atoms with van der Waals surface area (Å²) in [7, 11) is 0. The Labute approximate surface area is 403 Å². The van der Waals surface area contributed by atoms with Crippen molar-refractivity contribution in [2.24, 2.45) is 92.7 Å². The maximum absolute atomic E-state index is 10.2. The van der Waals surface area contributed by atoms with Gasteiger partial charge in [-0.2, -0.15) is 4.21 Å². The lowest BCUT2D eigenvalue weighted by Gasteiger charge is -2.58. The summed E-state index contributed by atoms with van der Waals surface area (Å²) in [6, 6.07) is 5.72. The lowest BCUT2D eigenvalue weighted by molar-refractivity contribution is -0.0573. The molecule has 0 aliphatic heterocycles. The van der Waals surface area contributed by atoms with Crippen LogP contribution in [0, 0.1) is 92.7 Å². The Morgan fingerprint density at radius 2 is 1.12 bits per heavy atom. The molecule has 0 radical (unpaired) electrons. The molecule has 1 heterocycles. The predicted octanol–water partition coefficient (Wildman–Crippen LogP) is 17.2. The maximum Gasteiger partial charge on any atom is 0.197 e. The Kier molecular flexibility index (Phi) is 18.9. The van der Waals surface area contributed by atoms with Gasteiger partial charge in [-0.3, -0.25) is 4.98 Å². The van der Waals surface area contributed by atoms with Crippen molar-refractivity contribution in [3.05, 3.63) is 53.9 Å². The first kappa shape index (κ1) is 52.0. The van der Waals surface area contributed by atoms with Gasteiger partial charge in [0.2, 0.25) is 0 Å². The van der Waals surface area contributed by atoms with Gasteiger partial charge in [-0.05, 0) is 208 Å². The van der Waals surface area contributed by atoms with Gasteiger partial charge in [-0.1, -0.05) is 151 Å². The molecule has 364 valence electrons. The minimum atomic E-state index is -0.0766. The van der Waals surface area contributed by atoms with Crippen LogP contribution in [0.25, 0.3) is 0 Å². The van der Waals surface area contributed by atoms with Crippen molar-refractivity contribution < 1.29 is 10.7 Å². The molecule has 6 saturated carbocycles. The van der Waals surface area contributed by atoms with Gasteiger partial charge in [-0.15, -0.1) is 0 Å². The molecule has 1 aromatic heterocycles. The number of hydrogen-bond acceptors (Lipinski definition) is 4. The summed E-state index contributed by atoms with van der Waals surface area (Å²) in [6.45, 7) is 25.2. The Balaban J connectivity index is 0.000000206. The lowest BCUT2D eigenvalue weighted by atomic mass is 9.47. The van der Waals surface area contributed by atoms with Gasteiger partial charge >= 0.3 is 0 Å². The van der Waals surface area contributed by atoms with E-state index in [1.54, 1.807) is 23.5 Å². The highest BCUT2D eigenvalue weighted by molar-refractivity contribution is 7.44. The smallest absolute Gasteiger partial charge is 0.197 e. The number of rotatable bonds is 10. The highest BCUT2D eigenvalue weighted by atomic mass is 32.1. The average Bonchev–Trinajstić information content (AvgIpc) is 3.82. The molecule has 0 bridgehead atoms. The van der Waals surface area contributed by atoms with Crippen molar-refractivity contribution in [2.45, 2.75) is 230 Å². The Hall–Kier alpha value is -1.39. The van der Waals surface area contributed by atoms with Crippen molar-refractivity contribution in [1.82, 2.24) is 4.98 Å². The number of nitrogens with zero attached hydrogens (tertiary/aromatic N) is 1. The fourth-order valence-electron chi connectivity index (χ4n) is 17.5. The summed E-state index contributed by atoms with van der Waals surface area (Å²) in [5.41, 5.74) is 5.32. The van der Waals surface area contributed by atoms with E-state index in [1.807, 2.05) is 18.2 Å². The molecule has 0 spiro atoms. The number of aromatic nitrogens is 1. The van der Waals surface area contributed by atoms with E-state index in [2.05, 4.69) is 98.9 Å². The third kappa shape index (κ3) is 11.2. The fraction of sp³-hybridized carbons (Fsp3) is 0.850. The molecule has 4 heteroatoms. The molecule has 8 aliphatic rings. The van der Waals surface area contributed by atoms with E-state index in [-0.39, 0.29) is 19.9 Å². The third-order valence-electron chi connectivity index (χ3n) is 20.9. The summed E-state index contributed by atoms with van der Waals surface area (Å²) in [6.07, 6.45) is 38.5. The maximum atomic E-state index is 10.2. The van der Waals surface area contributed by atoms with E-state index in [4.69, 9.17) is 5.58 Å². The van der Waals surface area contributed by atoms with Gasteiger partial charge in [-0.25, -0.2) is 0 Å². The third-order valence-corrected chi connectivity index (χ3v) is 20.9. The van der Waals surface area contributed by atoms with Gasteiger partial charge in [0, 0.05) is 13.8 Å². The molecule has 9 rings (SSSR count). The first-order chi connectivity index (χ1) is 30.5. The van der Waals surface area contributed by atoms with Crippen molar-refractivity contribution in [3.8, 4) is 0 Å². The first-order valence-electron chi connectivity index (χ1n) is 27.6. The summed E-state index contributed by atoms with van der Waals surface area (Å²) in [4.78, 5) is 3.78. The monoisotopic (exact) mass is 902 g/mol. The second-order valence-corrected chi connectivity index (χ2v) is 25.0. The van der Waals surface area contributed by atoms with E-state index in [1.165, 1.54) is 116 Å². The molecular formula is C60H101NO2S. The van der Waals surface area contributed by atoms with Gasteiger partial charge in [0.1, 0.15) is 0 Å². The summed E-state index contributed by atoms with van der Waals surface area (Å²) in [5.74, 6) is 11.0.